The molecule has 3 heterocycles. The van der Waals surface area contributed by atoms with Gasteiger partial charge in [-0.2, -0.15) is 10.4 Å². The molecule has 0 amide bonds. The molecule has 7 nitrogen and oxygen atoms in total. The summed E-state index contributed by atoms with van der Waals surface area (Å²) in [5, 5.41) is 17.9. The smallest absolute Gasteiger partial charge is 0.141 e. The van der Waals surface area contributed by atoms with Crippen LogP contribution in [0.3, 0.4) is 0 Å². The van der Waals surface area contributed by atoms with E-state index in [1.165, 1.54) is 37.8 Å². The molecule has 6 rings (SSSR count). The van der Waals surface area contributed by atoms with E-state index in [1.54, 1.807) is 6.07 Å². The van der Waals surface area contributed by atoms with Gasteiger partial charge in [-0.1, -0.05) is 12.1 Å². The Balaban J connectivity index is 1.44. The van der Waals surface area contributed by atoms with Crippen molar-refractivity contribution in [2.75, 3.05) is 13.6 Å². The SMILES string of the molecule is CNCC1CCC(Cn2cnc3c(-c4ccc(C#N)c(F)c4)c(-c4ccc5c(cnn5C)c4)ncc32)CC1. The minimum absolute atomic E-state index is 0.0200. The molecule has 0 aliphatic heterocycles. The van der Waals surface area contributed by atoms with Gasteiger partial charge in [0.05, 0.1) is 41.0 Å². The van der Waals surface area contributed by atoms with Crippen LogP contribution in [-0.4, -0.2) is 37.9 Å². The predicted octanol–water partition coefficient (Wildman–Crippen LogP) is 5.69. The van der Waals surface area contributed by atoms with E-state index in [9.17, 15) is 9.65 Å². The van der Waals surface area contributed by atoms with E-state index in [0.29, 0.717) is 11.5 Å². The van der Waals surface area contributed by atoms with Crippen LogP contribution in [0.25, 0.3) is 44.3 Å². The van der Waals surface area contributed by atoms with Crippen LogP contribution in [0.15, 0.2) is 55.1 Å². The summed E-state index contributed by atoms with van der Waals surface area (Å²) in [7, 11) is 3.94. The van der Waals surface area contributed by atoms with E-state index in [-0.39, 0.29) is 5.56 Å². The molecule has 5 aromatic rings. The van der Waals surface area contributed by atoms with Gasteiger partial charge in [0, 0.05) is 30.1 Å². The number of hydrogen-bond donors (Lipinski definition) is 1. The maximum Gasteiger partial charge on any atom is 0.141 e. The maximum atomic E-state index is 14.8. The van der Waals surface area contributed by atoms with Gasteiger partial charge in [0.1, 0.15) is 17.4 Å². The van der Waals surface area contributed by atoms with Crippen molar-refractivity contribution >= 4 is 21.9 Å². The summed E-state index contributed by atoms with van der Waals surface area (Å²) < 4.78 is 18.8. The third-order valence-corrected chi connectivity index (χ3v) is 7.98. The first kappa shape index (κ1) is 24.3. The third kappa shape index (κ3) is 4.33. The molecule has 192 valence electrons. The maximum absolute atomic E-state index is 14.8. The highest BCUT2D eigenvalue weighted by Crippen LogP contribution is 2.38. The second-order valence-electron chi connectivity index (χ2n) is 10.4. The molecule has 0 radical (unpaired) electrons. The molecule has 1 fully saturated rings. The Morgan fingerprint density at radius 3 is 2.55 bits per heavy atom. The zero-order valence-corrected chi connectivity index (χ0v) is 21.7. The topological polar surface area (TPSA) is 84.4 Å². The number of nitrogens with one attached hydrogen (secondary N) is 1. The number of aromatic nitrogens is 5. The van der Waals surface area contributed by atoms with Crippen molar-refractivity contribution in [1.82, 2.24) is 29.6 Å². The number of benzene rings is 2. The first-order valence-electron chi connectivity index (χ1n) is 13.2. The Bertz CT molecular complexity index is 1670. The lowest BCUT2D eigenvalue weighted by molar-refractivity contribution is 0.251. The molecular weight excluding hydrogens is 477 g/mol. The molecule has 1 saturated carbocycles. The fourth-order valence-electron chi connectivity index (χ4n) is 5.92. The van der Waals surface area contributed by atoms with Gasteiger partial charge in [-0.05, 0) is 80.9 Å². The number of halogens is 1. The van der Waals surface area contributed by atoms with Crippen LogP contribution in [0.1, 0.15) is 31.2 Å². The van der Waals surface area contributed by atoms with Crippen LogP contribution in [0.5, 0.6) is 0 Å². The summed E-state index contributed by atoms with van der Waals surface area (Å²) >= 11 is 0. The number of rotatable bonds is 6. The quantitative estimate of drug-likeness (QED) is 0.319. The molecule has 1 aliphatic carbocycles. The molecule has 0 bridgehead atoms. The minimum Gasteiger partial charge on any atom is -0.329 e. The number of nitriles is 1. The van der Waals surface area contributed by atoms with Gasteiger partial charge in [-0.25, -0.2) is 9.37 Å². The zero-order chi connectivity index (χ0) is 26.2. The third-order valence-electron chi connectivity index (χ3n) is 7.98. The molecule has 38 heavy (non-hydrogen) atoms. The van der Waals surface area contributed by atoms with Gasteiger partial charge in [0.15, 0.2) is 0 Å². The van der Waals surface area contributed by atoms with Crippen molar-refractivity contribution < 1.29 is 4.39 Å². The molecule has 2 aromatic carbocycles. The van der Waals surface area contributed by atoms with E-state index in [4.69, 9.17) is 9.97 Å². The summed E-state index contributed by atoms with van der Waals surface area (Å²) in [6.07, 6.45) is 10.5. The Kier molecular flexibility index (Phi) is 6.38. The highest BCUT2D eigenvalue weighted by Gasteiger charge is 2.23. The van der Waals surface area contributed by atoms with Crippen molar-refractivity contribution in [1.29, 1.82) is 5.26 Å². The Morgan fingerprint density at radius 2 is 1.79 bits per heavy atom. The molecule has 8 heteroatoms. The second-order valence-corrected chi connectivity index (χ2v) is 10.4. The fourth-order valence-corrected chi connectivity index (χ4v) is 5.92. The second kappa shape index (κ2) is 9.99. The number of fused-ring (bicyclic) bond motifs is 2. The van der Waals surface area contributed by atoms with Gasteiger partial charge < -0.3 is 9.88 Å². The van der Waals surface area contributed by atoms with Crippen LogP contribution < -0.4 is 5.32 Å². The first-order valence-corrected chi connectivity index (χ1v) is 13.2. The summed E-state index contributed by atoms with van der Waals surface area (Å²) in [5.41, 5.74) is 5.82. The highest BCUT2D eigenvalue weighted by atomic mass is 19.1. The fraction of sp³-hybridized carbons (Fsp3) is 0.333. The van der Waals surface area contributed by atoms with E-state index >= 15 is 0 Å². The van der Waals surface area contributed by atoms with Crippen LogP contribution in [-0.2, 0) is 13.6 Å². The lowest BCUT2D eigenvalue weighted by Crippen LogP contribution is -2.25. The standard InChI is InChI=1S/C30H30FN7/c1-33-14-19-3-5-20(6-4-19)17-38-18-35-30-27(38)16-34-29(22-9-10-26-24(11-22)15-36-37(26)2)28(30)21-7-8-23(13-32)25(31)12-21/h7-12,15-16,18-20,33H,3-6,14,17H2,1-2H3. The van der Waals surface area contributed by atoms with Crippen molar-refractivity contribution in [3.8, 4) is 28.5 Å². The number of hydrogen-bond acceptors (Lipinski definition) is 5. The summed E-state index contributed by atoms with van der Waals surface area (Å²) in [6, 6.07) is 12.7. The van der Waals surface area contributed by atoms with Crippen LogP contribution in [0.4, 0.5) is 4.39 Å². The zero-order valence-electron chi connectivity index (χ0n) is 21.7. The Labute approximate surface area is 220 Å². The molecule has 1 aliphatic rings. The van der Waals surface area contributed by atoms with E-state index in [0.717, 1.165) is 57.8 Å². The molecular formula is C30H30FN7. The predicted molar refractivity (Wildman–Crippen MR) is 147 cm³/mol. The minimum atomic E-state index is -0.548. The lowest BCUT2D eigenvalue weighted by atomic mass is 9.82. The molecule has 0 atom stereocenters. The average molecular weight is 508 g/mol. The number of imidazole rings is 1. The van der Waals surface area contributed by atoms with Crippen LogP contribution >= 0.6 is 0 Å². The summed E-state index contributed by atoms with van der Waals surface area (Å²) in [5.74, 6) is 0.812. The van der Waals surface area contributed by atoms with Crippen LogP contribution in [0, 0.1) is 29.0 Å². The largest absolute Gasteiger partial charge is 0.329 e. The molecule has 0 spiro atoms. The van der Waals surface area contributed by atoms with Crippen molar-refractivity contribution in [3.63, 3.8) is 0 Å². The summed E-state index contributed by atoms with van der Waals surface area (Å²) in [6.45, 7) is 1.98. The van der Waals surface area contributed by atoms with E-state index in [1.807, 2.05) is 55.7 Å². The molecule has 0 saturated heterocycles. The van der Waals surface area contributed by atoms with Gasteiger partial charge in [0.2, 0.25) is 0 Å². The van der Waals surface area contributed by atoms with Gasteiger partial charge >= 0.3 is 0 Å². The molecule has 0 unspecified atom stereocenters. The normalized spacial score (nSPS) is 17.7. The Hall–Kier alpha value is -4.09. The van der Waals surface area contributed by atoms with Gasteiger partial charge in [-0.15, -0.1) is 0 Å². The van der Waals surface area contributed by atoms with E-state index in [2.05, 4.69) is 21.0 Å². The van der Waals surface area contributed by atoms with E-state index < -0.39 is 5.82 Å². The first-order chi connectivity index (χ1) is 18.6. The van der Waals surface area contributed by atoms with Crippen LogP contribution in [0.2, 0.25) is 0 Å². The average Bonchev–Trinajstić information content (AvgIpc) is 3.52. The van der Waals surface area contributed by atoms with Gasteiger partial charge in [0.25, 0.3) is 0 Å². The summed E-state index contributed by atoms with van der Waals surface area (Å²) in [4.78, 5) is 9.76. The number of nitrogens with zero attached hydrogens (tertiary/aromatic N) is 6. The lowest BCUT2D eigenvalue weighted by Gasteiger charge is -2.28. The van der Waals surface area contributed by atoms with Crippen molar-refractivity contribution in [3.05, 3.63) is 66.5 Å². The highest BCUT2D eigenvalue weighted by molar-refractivity contribution is 6.00. The molecule has 1 N–H and O–H groups in total. The number of pyridine rings is 1. The van der Waals surface area contributed by atoms with Crippen molar-refractivity contribution in [2.45, 2.75) is 32.2 Å². The van der Waals surface area contributed by atoms with Crippen molar-refractivity contribution in [2.24, 2.45) is 18.9 Å². The van der Waals surface area contributed by atoms with Gasteiger partial charge in [-0.3, -0.25) is 9.67 Å². The Morgan fingerprint density at radius 1 is 1.00 bits per heavy atom. The number of aryl methyl sites for hydroxylation is 1. The monoisotopic (exact) mass is 507 g/mol. The molecule has 3 aromatic heterocycles.